The summed E-state index contributed by atoms with van der Waals surface area (Å²) in [6.45, 7) is 5.78. The molecule has 2 heterocycles. The van der Waals surface area contributed by atoms with Gasteiger partial charge in [0.2, 0.25) is 5.91 Å². The van der Waals surface area contributed by atoms with Gasteiger partial charge >= 0.3 is 6.03 Å². The average Bonchev–Trinajstić information content (AvgIpc) is 3.06. The van der Waals surface area contributed by atoms with Gasteiger partial charge in [0.25, 0.3) is 0 Å². The first kappa shape index (κ1) is 16.0. The second-order valence-corrected chi connectivity index (χ2v) is 6.78. The van der Waals surface area contributed by atoms with Crippen LogP contribution in [0.4, 0.5) is 4.79 Å². The second kappa shape index (κ2) is 7.56. The average molecular weight is 309 g/mol. The number of hydrogen-bond acceptors (Lipinski definition) is 4. The molecule has 1 atom stereocenters. The van der Waals surface area contributed by atoms with Crippen LogP contribution in [0.5, 0.6) is 0 Å². The van der Waals surface area contributed by atoms with Crippen LogP contribution < -0.4 is 10.6 Å². The van der Waals surface area contributed by atoms with Gasteiger partial charge in [-0.3, -0.25) is 15.0 Å². The van der Waals surface area contributed by atoms with E-state index in [1.165, 1.54) is 4.88 Å². The van der Waals surface area contributed by atoms with E-state index in [-0.39, 0.29) is 12.5 Å². The van der Waals surface area contributed by atoms with Crippen LogP contribution in [0.25, 0.3) is 0 Å². The zero-order valence-corrected chi connectivity index (χ0v) is 13.4. The topological polar surface area (TPSA) is 61.4 Å². The summed E-state index contributed by atoms with van der Waals surface area (Å²) in [4.78, 5) is 27.0. The van der Waals surface area contributed by atoms with E-state index in [0.29, 0.717) is 18.5 Å². The first-order valence-corrected chi connectivity index (χ1v) is 8.29. The molecule has 0 bridgehead atoms. The highest BCUT2D eigenvalue weighted by molar-refractivity contribution is 7.10. The fourth-order valence-corrected chi connectivity index (χ4v) is 3.41. The van der Waals surface area contributed by atoms with Gasteiger partial charge in [0.15, 0.2) is 0 Å². The fraction of sp³-hybridized carbons (Fsp3) is 0.600. The van der Waals surface area contributed by atoms with Gasteiger partial charge in [-0.05, 0) is 36.8 Å². The molecule has 2 N–H and O–H groups in total. The molecule has 0 spiro atoms. The molecule has 1 aromatic rings. The number of carbonyl (C=O) groups excluding carboxylic acids is 2. The van der Waals surface area contributed by atoms with E-state index in [4.69, 9.17) is 0 Å². The molecule has 21 heavy (non-hydrogen) atoms. The highest BCUT2D eigenvalue weighted by atomic mass is 32.1. The molecule has 1 aliphatic rings. The van der Waals surface area contributed by atoms with Gasteiger partial charge < -0.3 is 5.32 Å². The molecule has 0 unspecified atom stereocenters. The molecule has 0 radical (unpaired) electrons. The van der Waals surface area contributed by atoms with E-state index in [9.17, 15) is 9.59 Å². The van der Waals surface area contributed by atoms with E-state index >= 15 is 0 Å². The number of imide groups is 1. The standard InChI is InChI=1S/C15H23N3O2S/c1-11(2)9-16-15(20)17-14(19)10-18-7-3-5-12(18)13-6-4-8-21-13/h4,6,8,11-12H,3,5,7,9-10H2,1-2H3,(H2,16,17,19,20)/t12-/m0/s1. The van der Waals surface area contributed by atoms with E-state index in [0.717, 1.165) is 19.4 Å². The Morgan fingerprint density at radius 2 is 2.29 bits per heavy atom. The predicted molar refractivity (Wildman–Crippen MR) is 84.2 cm³/mol. The third-order valence-electron chi connectivity index (χ3n) is 3.51. The van der Waals surface area contributed by atoms with Crippen molar-refractivity contribution in [3.8, 4) is 0 Å². The van der Waals surface area contributed by atoms with Crippen molar-refractivity contribution in [3.63, 3.8) is 0 Å². The molecule has 5 nitrogen and oxygen atoms in total. The quantitative estimate of drug-likeness (QED) is 0.878. The van der Waals surface area contributed by atoms with Gasteiger partial charge in [0.05, 0.1) is 6.54 Å². The molecule has 6 heteroatoms. The molecule has 0 aromatic carbocycles. The molecule has 1 fully saturated rings. The normalized spacial score (nSPS) is 18.9. The van der Waals surface area contributed by atoms with Gasteiger partial charge in [0, 0.05) is 17.5 Å². The second-order valence-electron chi connectivity index (χ2n) is 5.80. The highest BCUT2D eigenvalue weighted by Gasteiger charge is 2.28. The number of likely N-dealkylation sites (tertiary alicyclic amines) is 1. The molecule has 116 valence electrons. The Morgan fingerprint density at radius 3 is 2.95 bits per heavy atom. The van der Waals surface area contributed by atoms with Crippen LogP contribution in [0.2, 0.25) is 0 Å². The molecule has 0 aliphatic carbocycles. The summed E-state index contributed by atoms with van der Waals surface area (Å²) in [7, 11) is 0. The van der Waals surface area contributed by atoms with Crippen molar-refractivity contribution in [2.24, 2.45) is 5.92 Å². The number of nitrogens with zero attached hydrogens (tertiary/aromatic N) is 1. The van der Waals surface area contributed by atoms with Crippen LogP contribution in [0, 0.1) is 5.92 Å². The van der Waals surface area contributed by atoms with Crippen LogP contribution >= 0.6 is 11.3 Å². The van der Waals surface area contributed by atoms with E-state index in [1.54, 1.807) is 11.3 Å². The monoisotopic (exact) mass is 309 g/mol. The van der Waals surface area contributed by atoms with Gasteiger partial charge in [-0.1, -0.05) is 19.9 Å². The minimum absolute atomic E-state index is 0.236. The Bertz CT molecular complexity index is 473. The molecule has 3 amide bonds. The Balaban J connectivity index is 1.80. The minimum atomic E-state index is -0.402. The van der Waals surface area contributed by atoms with Gasteiger partial charge in [0.1, 0.15) is 0 Å². The maximum absolute atomic E-state index is 12.0. The van der Waals surface area contributed by atoms with E-state index in [1.807, 2.05) is 19.9 Å². The minimum Gasteiger partial charge on any atom is -0.338 e. The lowest BCUT2D eigenvalue weighted by Crippen LogP contribution is -2.45. The fourth-order valence-electron chi connectivity index (χ4n) is 2.51. The van der Waals surface area contributed by atoms with Crippen molar-refractivity contribution in [2.75, 3.05) is 19.6 Å². The maximum atomic E-state index is 12.0. The molecule has 1 saturated heterocycles. The zero-order valence-electron chi connectivity index (χ0n) is 12.6. The van der Waals surface area contributed by atoms with Crippen LogP contribution in [0.15, 0.2) is 17.5 Å². The Labute approximate surface area is 129 Å². The SMILES string of the molecule is CC(C)CNC(=O)NC(=O)CN1CCC[C@H]1c1cccs1. The van der Waals surface area contributed by atoms with Gasteiger partial charge in [-0.2, -0.15) is 0 Å². The van der Waals surface area contributed by atoms with Crippen LogP contribution in [0.3, 0.4) is 0 Å². The van der Waals surface area contributed by atoms with Crippen LogP contribution in [0.1, 0.15) is 37.6 Å². The molecular formula is C15H23N3O2S. The summed E-state index contributed by atoms with van der Waals surface area (Å²) in [6, 6.07) is 4.06. The number of thiophene rings is 1. The van der Waals surface area contributed by atoms with E-state index < -0.39 is 6.03 Å². The number of nitrogens with one attached hydrogen (secondary N) is 2. The third kappa shape index (κ3) is 4.82. The van der Waals surface area contributed by atoms with E-state index in [2.05, 4.69) is 27.0 Å². The molecule has 1 aromatic heterocycles. The number of urea groups is 1. The van der Waals surface area contributed by atoms with Gasteiger partial charge in [-0.15, -0.1) is 11.3 Å². The molecule has 0 saturated carbocycles. The number of amides is 3. The summed E-state index contributed by atoms with van der Waals surface area (Å²) < 4.78 is 0. The number of carbonyl (C=O) groups is 2. The van der Waals surface area contributed by atoms with Crippen molar-refractivity contribution in [1.29, 1.82) is 0 Å². The molecule has 1 aliphatic heterocycles. The first-order chi connectivity index (χ1) is 10.1. The summed E-state index contributed by atoms with van der Waals surface area (Å²) in [5.41, 5.74) is 0. The lowest BCUT2D eigenvalue weighted by atomic mass is 10.2. The Kier molecular flexibility index (Phi) is 5.76. The van der Waals surface area contributed by atoms with Crippen molar-refractivity contribution in [2.45, 2.75) is 32.7 Å². The van der Waals surface area contributed by atoms with Crippen molar-refractivity contribution < 1.29 is 9.59 Å². The predicted octanol–water partition coefficient (Wildman–Crippen LogP) is 2.37. The summed E-state index contributed by atoms with van der Waals surface area (Å²) >= 11 is 1.72. The first-order valence-electron chi connectivity index (χ1n) is 7.41. The van der Waals surface area contributed by atoms with Crippen molar-refractivity contribution >= 4 is 23.3 Å². The van der Waals surface area contributed by atoms with Gasteiger partial charge in [-0.25, -0.2) is 4.79 Å². The molecular weight excluding hydrogens is 286 g/mol. The molecule has 2 rings (SSSR count). The lowest BCUT2D eigenvalue weighted by Gasteiger charge is -2.22. The summed E-state index contributed by atoms with van der Waals surface area (Å²) in [6.07, 6.45) is 2.17. The van der Waals surface area contributed by atoms with Crippen LogP contribution in [-0.2, 0) is 4.79 Å². The summed E-state index contributed by atoms with van der Waals surface area (Å²) in [5, 5.41) is 7.15. The Morgan fingerprint density at radius 1 is 1.48 bits per heavy atom. The largest absolute Gasteiger partial charge is 0.338 e. The van der Waals surface area contributed by atoms with Crippen molar-refractivity contribution in [1.82, 2.24) is 15.5 Å². The highest BCUT2D eigenvalue weighted by Crippen LogP contribution is 2.33. The smallest absolute Gasteiger partial charge is 0.321 e. The third-order valence-corrected chi connectivity index (χ3v) is 4.48. The Hall–Kier alpha value is -1.40. The zero-order chi connectivity index (χ0) is 15.2. The number of rotatable bonds is 5. The number of hydrogen-bond donors (Lipinski definition) is 2. The summed E-state index contributed by atoms with van der Waals surface area (Å²) in [5.74, 6) is 0.132. The maximum Gasteiger partial charge on any atom is 0.321 e. The van der Waals surface area contributed by atoms with Crippen LogP contribution in [-0.4, -0.2) is 36.5 Å². The lowest BCUT2D eigenvalue weighted by molar-refractivity contribution is -0.121. The van der Waals surface area contributed by atoms with Crippen molar-refractivity contribution in [3.05, 3.63) is 22.4 Å².